The Balaban J connectivity index is 2.28. The van der Waals surface area contributed by atoms with Crippen LogP contribution in [0.1, 0.15) is 12.8 Å². The number of allylic oxidation sites excluding steroid dienone is 3. The molecule has 0 saturated heterocycles. The van der Waals surface area contributed by atoms with Gasteiger partial charge in [0.1, 0.15) is 5.76 Å². The SMILES string of the molecule is COCC[C]1C=CC(OC)=CC1. The van der Waals surface area contributed by atoms with Gasteiger partial charge in [0.2, 0.25) is 0 Å². The summed E-state index contributed by atoms with van der Waals surface area (Å²) >= 11 is 0. The average Bonchev–Trinajstić information content (AvgIpc) is 2.15. The van der Waals surface area contributed by atoms with Crippen molar-refractivity contribution in [1.82, 2.24) is 0 Å². The highest BCUT2D eigenvalue weighted by Crippen LogP contribution is 2.21. The third-order valence-electron chi connectivity index (χ3n) is 1.91. The standard InChI is InChI=1S/C10H15O2/c1-11-8-7-9-3-5-10(12-2)6-4-9/h3,5-6H,4,7-8H2,1-2H3. The van der Waals surface area contributed by atoms with Crippen LogP contribution in [-0.4, -0.2) is 20.8 Å². The second kappa shape index (κ2) is 4.99. The number of methoxy groups -OCH3 is 2. The molecule has 67 valence electrons. The summed E-state index contributed by atoms with van der Waals surface area (Å²) in [5.74, 6) is 2.36. The summed E-state index contributed by atoms with van der Waals surface area (Å²) in [5, 5.41) is 0. The molecule has 0 bridgehead atoms. The first-order chi connectivity index (χ1) is 5.86. The van der Waals surface area contributed by atoms with Gasteiger partial charge in [-0.3, -0.25) is 0 Å². The van der Waals surface area contributed by atoms with Gasteiger partial charge in [0.05, 0.1) is 7.11 Å². The Bertz CT molecular complexity index is 182. The molecule has 0 fully saturated rings. The van der Waals surface area contributed by atoms with E-state index in [2.05, 4.69) is 12.2 Å². The maximum Gasteiger partial charge on any atom is 0.114 e. The van der Waals surface area contributed by atoms with Gasteiger partial charge in [0.25, 0.3) is 0 Å². The van der Waals surface area contributed by atoms with Gasteiger partial charge in [-0.2, -0.15) is 0 Å². The van der Waals surface area contributed by atoms with Crippen LogP contribution in [0.2, 0.25) is 0 Å². The first kappa shape index (κ1) is 9.33. The van der Waals surface area contributed by atoms with E-state index in [4.69, 9.17) is 9.47 Å². The summed E-state index contributed by atoms with van der Waals surface area (Å²) in [5.41, 5.74) is 0. The number of rotatable bonds is 4. The van der Waals surface area contributed by atoms with Crippen LogP contribution < -0.4 is 0 Å². The van der Waals surface area contributed by atoms with Crippen molar-refractivity contribution in [1.29, 1.82) is 0 Å². The lowest BCUT2D eigenvalue weighted by Gasteiger charge is -2.13. The van der Waals surface area contributed by atoms with Gasteiger partial charge in [0, 0.05) is 19.6 Å². The zero-order valence-corrected chi connectivity index (χ0v) is 7.67. The highest BCUT2D eigenvalue weighted by molar-refractivity contribution is 5.27. The fourth-order valence-corrected chi connectivity index (χ4v) is 1.14. The van der Waals surface area contributed by atoms with Crippen LogP contribution in [0.15, 0.2) is 24.0 Å². The molecule has 0 saturated carbocycles. The zero-order chi connectivity index (χ0) is 8.81. The van der Waals surface area contributed by atoms with Gasteiger partial charge in [-0.05, 0) is 25.0 Å². The third kappa shape index (κ3) is 2.70. The monoisotopic (exact) mass is 167 g/mol. The normalized spacial score (nSPS) is 17.7. The predicted octanol–water partition coefficient (Wildman–Crippen LogP) is 2.09. The quantitative estimate of drug-likeness (QED) is 0.638. The summed E-state index contributed by atoms with van der Waals surface area (Å²) < 4.78 is 10.1. The topological polar surface area (TPSA) is 18.5 Å². The van der Waals surface area contributed by atoms with E-state index < -0.39 is 0 Å². The van der Waals surface area contributed by atoms with Gasteiger partial charge < -0.3 is 9.47 Å². The molecule has 0 aromatic heterocycles. The van der Waals surface area contributed by atoms with Gasteiger partial charge in [-0.1, -0.05) is 6.08 Å². The molecule has 12 heavy (non-hydrogen) atoms. The Morgan fingerprint density at radius 3 is 2.67 bits per heavy atom. The second-order valence-electron chi connectivity index (χ2n) is 2.75. The lowest BCUT2D eigenvalue weighted by molar-refractivity contribution is 0.198. The summed E-state index contributed by atoms with van der Waals surface area (Å²) in [4.78, 5) is 0. The Morgan fingerprint density at radius 2 is 2.17 bits per heavy atom. The van der Waals surface area contributed by atoms with E-state index >= 15 is 0 Å². The molecule has 0 N–H and O–H groups in total. The van der Waals surface area contributed by atoms with Crippen molar-refractivity contribution in [2.75, 3.05) is 20.8 Å². The highest BCUT2D eigenvalue weighted by atomic mass is 16.5. The van der Waals surface area contributed by atoms with E-state index in [0.29, 0.717) is 0 Å². The molecule has 0 unspecified atom stereocenters. The largest absolute Gasteiger partial charge is 0.497 e. The lowest BCUT2D eigenvalue weighted by atomic mass is 9.97. The van der Waals surface area contributed by atoms with Crippen molar-refractivity contribution in [3.8, 4) is 0 Å². The van der Waals surface area contributed by atoms with E-state index in [9.17, 15) is 0 Å². The molecule has 0 spiro atoms. The predicted molar refractivity (Wildman–Crippen MR) is 48.6 cm³/mol. The van der Waals surface area contributed by atoms with Crippen LogP contribution in [0.3, 0.4) is 0 Å². The van der Waals surface area contributed by atoms with Crippen molar-refractivity contribution in [3.63, 3.8) is 0 Å². The summed E-state index contributed by atoms with van der Waals surface area (Å²) in [6.45, 7) is 0.801. The molecule has 0 aromatic carbocycles. The molecule has 0 atom stereocenters. The van der Waals surface area contributed by atoms with E-state index in [1.165, 1.54) is 5.92 Å². The minimum atomic E-state index is 0.801. The molecule has 0 aliphatic heterocycles. The van der Waals surface area contributed by atoms with Crippen LogP contribution >= 0.6 is 0 Å². The molecule has 0 aromatic rings. The van der Waals surface area contributed by atoms with Crippen molar-refractivity contribution in [3.05, 3.63) is 29.9 Å². The van der Waals surface area contributed by atoms with Crippen LogP contribution in [0.4, 0.5) is 0 Å². The van der Waals surface area contributed by atoms with Gasteiger partial charge in [-0.25, -0.2) is 0 Å². The summed E-state index contributed by atoms with van der Waals surface area (Å²) in [7, 11) is 3.42. The smallest absolute Gasteiger partial charge is 0.114 e. The average molecular weight is 167 g/mol. The Morgan fingerprint density at radius 1 is 1.33 bits per heavy atom. The van der Waals surface area contributed by atoms with Crippen molar-refractivity contribution < 1.29 is 9.47 Å². The summed E-state index contributed by atoms with van der Waals surface area (Å²) in [6, 6.07) is 0. The minimum absolute atomic E-state index is 0.801. The molecular weight excluding hydrogens is 152 g/mol. The third-order valence-corrected chi connectivity index (χ3v) is 1.91. The molecule has 1 aliphatic rings. The Hall–Kier alpha value is -0.760. The second-order valence-corrected chi connectivity index (χ2v) is 2.75. The lowest BCUT2D eigenvalue weighted by Crippen LogP contribution is -2.02. The van der Waals surface area contributed by atoms with Crippen LogP contribution in [0, 0.1) is 5.92 Å². The molecule has 2 heteroatoms. The molecule has 2 nitrogen and oxygen atoms in total. The van der Waals surface area contributed by atoms with E-state index in [-0.39, 0.29) is 0 Å². The van der Waals surface area contributed by atoms with Crippen molar-refractivity contribution >= 4 is 0 Å². The van der Waals surface area contributed by atoms with Crippen LogP contribution in [-0.2, 0) is 9.47 Å². The molecule has 0 heterocycles. The van der Waals surface area contributed by atoms with Crippen molar-refractivity contribution in [2.24, 2.45) is 0 Å². The number of hydrogen-bond donors (Lipinski definition) is 0. The minimum Gasteiger partial charge on any atom is -0.497 e. The fourth-order valence-electron chi connectivity index (χ4n) is 1.14. The maximum absolute atomic E-state index is 5.07. The zero-order valence-electron chi connectivity index (χ0n) is 7.67. The van der Waals surface area contributed by atoms with Gasteiger partial charge >= 0.3 is 0 Å². The summed E-state index contributed by atoms with van der Waals surface area (Å²) in [6.07, 6.45) is 8.20. The highest BCUT2D eigenvalue weighted by Gasteiger charge is 2.08. The first-order valence-electron chi connectivity index (χ1n) is 4.12. The van der Waals surface area contributed by atoms with Gasteiger partial charge in [-0.15, -0.1) is 0 Å². The fraction of sp³-hybridized carbons (Fsp3) is 0.500. The first-order valence-corrected chi connectivity index (χ1v) is 4.12. The van der Waals surface area contributed by atoms with Crippen LogP contribution in [0.5, 0.6) is 0 Å². The van der Waals surface area contributed by atoms with E-state index in [0.717, 1.165) is 25.2 Å². The Kier molecular flexibility index (Phi) is 3.88. The Labute approximate surface area is 73.9 Å². The van der Waals surface area contributed by atoms with E-state index in [1.807, 2.05) is 6.08 Å². The number of hydrogen-bond acceptors (Lipinski definition) is 2. The number of ether oxygens (including phenoxy) is 2. The van der Waals surface area contributed by atoms with Crippen LogP contribution in [0.25, 0.3) is 0 Å². The molecule has 1 radical (unpaired) electrons. The molecule has 1 aliphatic carbocycles. The van der Waals surface area contributed by atoms with Crippen molar-refractivity contribution in [2.45, 2.75) is 12.8 Å². The molecule has 0 amide bonds. The molecule has 1 rings (SSSR count). The maximum atomic E-state index is 5.07. The van der Waals surface area contributed by atoms with Gasteiger partial charge in [0.15, 0.2) is 0 Å². The molecular formula is C10H15O2. The van der Waals surface area contributed by atoms with E-state index in [1.54, 1.807) is 14.2 Å².